The van der Waals surface area contributed by atoms with Crippen molar-refractivity contribution >= 4 is 34.8 Å². The summed E-state index contributed by atoms with van der Waals surface area (Å²) < 4.78 is 54.5. The molecule has 0 spiro atoms. The molecule has 16 heteroatoms. The number of ether oxygens (including phenoxy) is 1. The van der Waals surface area contributed by atoms with Crippen LogP contribution in [0.4, 0.5) is 18.9 Å². The Bertz CT molecular complexity index is 2170. The molecule has 0 aliphatic carbocycles. The van der Waals surface area contributed by atoms with Crippen LogP contribution in [0.1, 0.15) is 49.5 Å². The van der Waals surface area contributed by atoms with E-state index in [-0.39, 0.29) is 39.8 Å². The van der Waals surface area contributed by atoms with E-state index in [9.17, 15) is 22.8 Å². The van der Waals surface area contributed by atoms with Crippen LogP contribution in [0.5, 0.6) is 0 Å². The number of alkyl halides is 3. The number of aromatic nitrogens is 7. The summed E-state index contributed by atoms with van der Waals surface area (Å²) in [7, 11) is 0. The topological polar surface area (TPSA) is 122 Å². The molecule has 0 radical (unpaired) electrons. The van der Waals surface area contributed by atoms with E-state index in [1.807, 2.05) is 4.68 Å². The molecule has 1 fully saturated rings. The molecule has 1 aromatic carbocycles. The fraction of sp³-hybridized carbons (Fsp3) is 0.294. The Hall–Kier alpha value is -4.79. The van der Waals surface area contributed by atoms with E-state index in [0.717, 1.165) is 16.8 Å². The molecule has 1 amide bonds. The second-order valence-corrected chi connectivity index (χ2v) is 13.0. The van der Waals surface area contributed by atoms with Crippen LogP contribution in [0.25, 0.3) is 28.1 Å². The largest absolute Gasteiger partial charge is 0.418 e. The first-order valence-electron chi connectivity index (χ1n) is 15.8. The summed E-state index contributed by atoms with van der Waals surface area (Å²) in [6.07, 6.45) is 5.29. The van der Waals surface area contributed by atoms with Gasteiger partial charge in [-0.2, -0.15) is 18.3 Å². The Balaban J connectivity index is 1.41. The summed E-state index contributed by atoms with van der Waals surface area (Å²) in [5, 5.41) is 15.4. The van der Waals surface area contributed by atoms with Crippen LogP contribution < -0.4 is 10.9 Å². The summed E-state index contributed by atoms with van der Waals surface area (Å²) in [5.41, 5.74) is 0.0163. The standard InChI is InChI=1S/C34H29Cl2F3N8O3/c1-19-3-2-4-29(26-13-20(7-10-40-26)32-27(42-33(19)49)16-41-47(32)22-8-11-50-12-9-22)45-17-25(34(37,38)39)23(15-31(45)48)24-14-21(35)5-6-28(24)46-18-30(36)43-44-46/h2,4-7,10,13-19,22,29H,3,8-9,11-12H2,1H3,(H,42,49)/b4-2+/t19-,29+/m1/s1. The van der Waals surface area contributed by atoms with E-state index in [4.69, 9.17) is 27.9 Å². The van der Waals surface area contributed by atoms with Crippen LogP contribution in [0.15, 0.2) is 78.1 Å². The molecule has 2 aliphatic heterocycles. The SMILES string of the molecule is C[C@@H]1C/C=C/[C@H](n2cc(C(F)(F)F)c(-c3cc(Cl)ccc3-n3cc(Cl)nn3)cc2=O)c2cc(ccn2)-c2c(cnn2C2CCOCC2)NC1=O. The highest BCUT2D eigenvalue weighted by Gasteiger charge is 2.36. The Morgan fingerprint density at radius 1 is 1.02 bits per heavy atom. The second-order valence-electron chi connectivity index (χ2n) is 12.2. The molecule has 2 atom stereocenters. The van der Waals surface area contributed by atoms with Crippen molar-refractivity contribution in [3.8, 4) is 28.1 Å². The average Bonchev–Trinajstić information content (AvgIpc) is 3.72. The second kappa shape index (κ2) is 13.5. The Morgan fingerprint density at radius 3 is 2.56 bits per heavy atom. The summed E-state index contributed by atoms with van der Waals surface area (Å²) >= 11 is 12.2. The van der Waals surface area contributed by atoms with Gasteiger partial charge in [-0.1, -0.05) is 47.5 Å². The number of carbonyl (C=O) groups is 1. The van der Waals surface area contributed by atoms with Gasteiger partial charge in [-0.3, -0.25) is 19.3 Å². The first-order valence-corrected chi connectivity index (χ1v) is 16.5. The number of hydrogen-bond donors (Lipinski definition) is 1. The van der Waals surface area contributed by atoms with Crippen LogP contribution in [-0.2, 0) is 15.7 Å². The molecular weight excluding hydrogens is 696 g/mol. The predicted octanol–water partition coefficient (Wildman–Crippen LogP) is 7.16. The van der Waals surface area contributed by atoms with Gasteiger partial charge in [-0.25, -0.2) is 4.68 Å². The number of allylic oxidation sites excluding steroid dienone is 2. The molecule has 2 aliphatic rings. The minimum Gasteiger partial charge on any atom is -0.381 e. The summed E-state index contributed by atoms with van der Waals surface area (Å²) in [6, 6.07) is 7.59. The van der Waals surface area contributed by atoms with Gasteiger partial charge in [-0.05, 0) is 49.6 Å². The molecule has 0 saturated carbocycles. The molecule has 11 nitrogen and oxygen atoms in total. The maximum absolute atomic E-state index is 15.0. The van der Waals surface area contributed by atoms with E-state index in [1.54, 1.807) is 37.4 Å². The van der Waals surface area contributed by atoms with Gasteiger partial charge in [0.2, 0.25) is 5.91 Å². The first kappa shape index (κ1) is 33.7. The molecular formula is C34H29Cl2F3N8O3. The number of halogens is 5. The lowest BCUT2D eigenvalue weighted by Gasteiger charge is -2.25. The van der Waals surface area contributed by atoms with Crippen molar-refractivity contribution in [2.24, 2.45) is 5.92 Å². The number of pyridine rings is 2. The number of amides is 1. The quantitative estimate of drug-likeness (QED) is 0.195. The van der Waals surface area contributed by atoms with Crippen LogP contribution in [-0.4, -0.2) is 53.4 Å². The number of nitrogens with zero attached hydrogens (tertiary/aromatic N) is 7. The summed E-state index contributed by atoms with van der Waals surface area (Å²) in [4.78, 5) is 31.8. The van der Waals surface area contributed by atoms with Gasteiger partial charge in [0.25, 0.3) is 5.56 Å². The highest BCUT2D eigenvalue weighted by Crippen LogP contribution is 2.41. The fourth-order valence-corrected chi connectivity index (χ4v) is 6.61. The van der Waals surface area contributed by atoms with Crippen LogP contribution in [0, 0.1) is 5.92 Å². The number of nitrogens with one attached hydrogen (secondary N) is 1. The summed E-state index contributed by atoms with van der Waals surface area (Å²) in [5.74, 6) is -0.756. The number of rotatable bonds is 4. The number of fused-ring (bicyclic) bond motifs is 4. The molecule has 6 heterocycles. The summed E-state index contributed by atoms with van der Waals surface area (Å²) in [6.45, 7) is 2.86. The van der Waals surface area contributed by atoms with Gasteiger partial charge in [0.05, 0.1) is 52.8 Å². The lowest BCUT2D eigenvalue weighted by Crippen LogP contribution is -2.27. The number of carbonyl (C=O) groups excluding carboxylic acids is 1. The fourth-order valence-electron chi connectivity index (χ4n) is 6.31. The maximum atomic E-state index is 15.0. The van der Waals surface area contributed by atoms with Gasteiger partial charge < -0.3 is 14.6 Å². The first-order chi connectivity index (χ1) is 24.0. The van der Waals surface area contributed by atoms with Gasteiger partial charge in [0, 0.05) is 59.3 Å². The van der Waals surface area contributed by atoms with Crippen molar-refractivity contribution in [2.45, 2.75) is 44.4 Å². The van der Waals surface area contributed by atoms with E-state index in [0.29, 0.717) is 48.7 Å². The van der Waals surface area contributed by atoms with Crippen molar-refractivity contribution in [1.29, 1.82) is 0 Å². The van der Waals surface area contributed by atoms with E-state index < -0.39 is 34.8 Å². The molecule has 5 aromatic rings. The zero-order chi connectivity index (χ0) is 35.2. The molecule has 7 rings (SSSR count). The lowest BCUT2D eigenvalue weighted by atomic mass is 9.98. The van der Waals surface area contributed by atoms with Gasteiger partial charge in [-0.15, -0.1) is 5.10 Å². The monoisotopic (exact) mass is 724 g/mol. The van der Waals surface area contributed by atoms with Gasteiger partial charge in [0.15, 0.2) is 5.15 Å². The predicted molar refractivity (Wildman–Crippen MR) is 180 cm³/mol. The zero-order valence-electron chi connectivity index (χ0n) is 26.4. The molecule has 4 aromatic heterocycles. The third-order valence-corrected chi connectivity index (χ3v) is 9.26. The Morgan fingerprint density at radius 2 is 1.82 bits per heavy atom. The number of benzene rings is 1. The third-order valence-electron chi connectivity index (χ3n) is 8.85. The molecule has 1 saturated heterocycles. The highest BCUT2D eigenvalue weighted by molar-refractivity contribution is 6.31. The number of anilines is 1. The van der Waals surface area contributed by atoms with Crippen molar-refractivity contribution < 1.29 is 22.7 Å². The molecule has 1 N–H and O–H groups in total. The van der Waals surface area contributed by atoms with E-state index >= 15 is 0 Å². The smallest absolute Gasteiger partial charge is 0.381 e. The minimum absolute atomic E-state index is 0.00117. The van der Waals surface area contributed by atoms with E-state index in [1.165, 1.54) is 35.3 Å². The highest BCUT2D eigenvalue weighted by atomic mass is 35.5. The van der Waals surface area contributed by atoms with Crippen LogP contribution in [0.2, 0.25) is 10.2 Å². The van der Waals surface area contributed by atoms with Gasteiger partial charge >= 0.3 is 6.18 Å². The van der Waals surface area contributed by atoms with Crippen molar-refractivity contribution in [3.05, 3.63) is 105 Å². The molecule has 0 unspecified atom stereocenters. The Kier molecular flexibility index (Phi) is 9.09. The molecule has 2 bridgehead atoms. The third kappa shape index (κ3) is 6.57. The normalized spacial score (nSPS) is 19.3. The number of hydrogen-bond acceptors (Lipinski definition) is 7. The van der Waals surface area contributed by atoms with Crippen molar-refractivity contribution in [2.75, 3.05) is 18.5 Å². The minimum atomic E-state index is -4.90. The van der Waals surface area contributed by atoms with Crippen molar-refractivity contribution in [1.82, 2.24) is 34.3 Å². The zero-order valence-corrected chi connectivity index (χ0v) is 28.0. The van der Waals surface area contributed by atoms with Crippen LogP contribution in [0.3, 0.4) is 0 Å². The van der Waals surface area contributed by atoms with E-state index in [2.05, 4.69) is 25.7 Å². The Labute approximate surface area is 293 Å². The molecule has 50 heavy (non-hydrogen) atoms. The van der Waals surface area contributed by atoms with Crippen LogP contribution >= 0.6 is 23.2 Å². The molecule has 258 valence electrons. The van der Waals surface area contributed by atoms with Gasteiger partial charge in [0.1, 0.15) is 0 Å². The average molecular weight is 726 g/mol. The lowest BCUT2D eigenvalue weighted by molar-refractivity contribution is -0.137. The van der Waals surface area contributed by atoms with Crippen molar-refractivity contribution in [3.63, 3.8) is 0 Å². The maximum Gasteiger partial charge on any atom is 0.418 e.